The van der Waals surface area contributed by atoms with Gasteiger partial charge >= 0.3 is 5.97 Å². The number of carbonyl (C=O) groups is 1. The average Bonchev–Trinajstić information content (AvgIpc) is 3.18. The second kappa shape index (κ2) is 7.04. The van der Waals surface area contributed by atoms with E-state index < -0.39 is 0 Å². The number of H-pyrrole nitrogens is 1. The van der Waals surface area contributed by atoms with Gasteiger partial charge in [-0.05, 0) is 34.9 Å². The Labute approximate surface area is 133 Å². The molecule has 7 nitrogen and oxygen atoms in total. The minimum atomic E-state index is -0.249. The summed E-state index contributed by atoms with van der Waals surface area (Å²) in [7, 11) is 0. The fourth-order valence-corrected chi connectivity index (χ4v) is 2.50. The molecule has 0 amide bonds. The molecule has 0 saturated carbocycles. The van der Waals surface area contributed by atoms with Crippen molar-refractivity contribution in [3.63, 3.8) is 0 Å². The van der Waals surface area contributed by atoms with E-state index >= 15 is 0 Å². The van der Waals surface area contributed by atoms with Gasteiger partial charge in [-0.1, -0.05) is 25.1 Å². The van der Waals surface area contributed by atoms with E-state index in [4.69, 9.17) is 4.74 Å². The number of aromatic nitrogens is 5. The molecule has 0 radical (unpaired) electrons. The highest BCUT2D eigenvalue weighted by molar-refractivity contribution is 5.83. The van der Waals surface area contributed by atoms with Crippen LogP contribution in [0.1, 0.15) is 31.2 Å². The molecular weight excluding hydrogens is 294 g/mol. The number of nitrogens with zero attached hydrogens (tertiary/aromatic N) is 4. The zero-order chi connectivity index (χ0) is 16.1. The second-order valence-electron chi connectivity index (χ2n) is 5.34. The van der Waals surface area contributed by atoms with Crippen LogP contribution in [0.25, 0.3) is 10.9 Å². The van der Waals surface area contributed by atoms with Gasteiger partial charge in [-0.2, -0.15) is 0 Å². The normalized spacial score (nSPS) is 11.0. The number of benzene rings is 1. The fourth-order valence-electron chi connectivity index (χ4n) is 2.50. The van der Waals surface area contributed by atoms with Crippen LogP contribution in [-0.2, 0) is 29.1 Å². The summed E-state index contributed by atoms with van der Waals surface area (Å²) in [5.74, 6) is 0.327. The van der Waals surface area contributed by atoms with Gasteiger partial charge in [0.25, 0.3) is 0 Å². The maximum atomic E-state index is 11.9. The molecule has 0 spiro atoms. The van der Waals surface area contributed by atoms with Gasteiger partial charge in [0, 0.05) is 30.1 Å². The number of carbonyl (C=O) groups excluding carboxylic acids is 1. The van der Waals surface area contributed by atoms with Gasteiger partial charge < -0.3 is 9.72 Å². The third-order valence-corrected chi connectivity index (χ3v) is 3.68. The van der Waals surface area contributed by atoms with Gasteiger partial charge in [0.15, 0.2) is 12.4 Å². The molecule has 0 bridgehead atoms. The Hall–Kier alpha value is -2.70. The van der Waals surface area contributed by atoms with Gasteiger partial charge in [-0.25, -0.2) is 4.68 Å². The lowest BCUT2D eigenvalue weighted by Crippen LogP contribution is -2.11. The maximum Gasteiger partial charge on any atom is 0.306 e. The lowest BCUT2D eigenvalue weighted by Gasteiger charge is -2.05. The summed E-state index contributed by atoms with van der Waals surface area (Å²) in [5, 5.41) is 12.5. The summed E-state index contributed by atoms with van der Waals surface area (Å²) in [6.45, 7) is 2.87. The number of aryl methyl sites for hydroxylation is 2. The van der Waals surface area contributed by atoms with Gasteiger partial charge in [-0.15, -0.1) is 5.10 Å². The van der Waals surface area contributed by atoms with Crippen LogP contribution in [-0.4, -0.2) is 31.2 Å². The number of esters is 1. The molecule has 0 aliphatic rings. The van der Waals surface area contributed by atoms with Crippen molar-refractivity contribution >= 4 is 16.9 Å². The van der Waals surface area contributed by atoms with Crippen LogP contribution in [0.3, 0.4) is 0 Å². The largest absolute Gasteiger partial charge is 0.457 e. The van der Waals surface area contributed by atoms with Crippen LogP contribution in [0.15, 0.2) is 30.5 Å². The van der Waals surface area contributed by atoms with Crippen LogP contribution in [0.2, 0.25) is 0 Å². The predicted molar refractivity (Wildman–Crippen MR) is 84.5 cm³/mol. The minimum Gasteiger partial charge on any atom is -0.457 e. The minimum absolute atomic E-state index is 0.111. The van der Waals surface area contributed by atoms with Gasteiger partial charge in [0.1, 0.15) is 0 Å². The van der Waals surface area contributed by atoms with E-state index in [0.717, 1.165) is 29.4 Å². The molecule has 0 aliphatic heterocycles. The SMILES string of the molecule is CCCn1nnnc1COC(=O)CCc1c[nH]c2ccccc12. The topological polar surface area (TPSA) is 85.7 Å². The quantitative estimate of drug-likeness (QED) is 0.676. The van der Waals surface area contributed by atoms with Crippen LogP contribution in [0, 0.1) is 0 Å². The highest BCUT2D eigenvalue weighted by Crippen LogP contribution is 2.19. The van der Waals surface area contributed by atoms with E-state index in [1.54, 1.807) is 4.68 Å². The summed E-state index contributed by atoms with van der Waals surface area (Å²) in [6.07, 6.45) is 3.84. The van der Waals surface area contributed by atoms with E-state index in [0.29, 0.717) is 18.7 Å². The Morgan fingerprint density at radius 1 is 1.35 bits per heavy atom. The summed E-state index contributed by atoms with van der Waals surface area (Å²) in [5.41, 5.74) is 2.20. The molecule has 23 heavy (non-hydrogen) atoms. The lowest BCUT2D eigenvalue weighted by atomic mass is 10.1. The van der Waals surface area contributed by atoms with Crippen molar-refractivity contribution in [1.29, 1.82) is 0 Å². The zero-order valence-electron chi connectivity index (χ0n) is 13.0. The Kier molecular flexibility index (Phi) is 4.65. The number of tetrazole rings is 1. The molecule has 0 fully saturated rings. The molecule has 0 unspecified atom stereocenters. The Bertz CT molecular complexity index is 792. The number of hydrogen-bond acceptors (Lipinski definition) is 5. The first kappa shape index (κ1) is 15.2. The fraction of sp³-hybridized carbons (Fsp3) is 0.375. The second-order valence-corrected chi connectivity index (χ2v) is 5.34. The Morgan fingerprint density at radius 3 is 3.09 bits per heavy atom. The molecule has 7 heteroatoms. The van der Waals surface area contributed by atoms with Crippen molar-refractivity contribution in [2.45, 2.75) is 39.3 Å². The number of ether oxygens (including phenoxy) is 1. The molecule has 0 atom stereocenters. The molecule has 1 aromatic carbocycles. The van der Waals surface area contributed by atoms with Crippen LogP contribution >= 0.6 is 0 Å². The standard InChI is InChI=1S/C16H19N5O2/c1-2-9-21-15(18-19-20-21)11-23-16(22)8-7-12-10-17-14-6-4-3-5-13(12)14/h3-6,10,17H,2,7-9,11H2,1H3. The van der Waals surface area contributed by atoms with Crippen molar-refractivity contribution in [1.82, 2.24) is 25.2 Å². The zero-order valence-corrected chi connectivity index (χ0v) is 13.0. The smallest absolute Gasteiger partial charge is 0.306 e. The molecule has 0 saturated heterocycles. The maximum absolute atomic E-state index is 11.9. The number of fused-ring (bicyclic) bond motifs is 1. The third-order valence-electron chi connectivity index (χ3n) is 3.68. The van der Waals surface area contributed by atoms with Gasteiger partial charge in [0.05, 0.1) is 0 Å². The molecule has 3 aromatic rings. The lowest BCUT2D eigenvalue weighted by molar-refractivity contribution is -0.145. The van der Waals surface area contributed by atoms with Crippen LogP contribution in [0.4, 0.5) is 0 Å². The molecule has 2 heterocycles. The first-order chi connectivity index (χ1) is 11.3. The van der Waals surface area contributed by atoms with Crippen LogP contribution < -0.4 is 0 Å². The van der Waals surface area contributed by atoms with Gasteiger partial charge in [-0.3, -0.25) is 4.79 Å². The van der Waals surface area contributed by atoms with E-state index in [1.165, 1.54) is 0 Å². The number of hydrogen-bond donors (Lipinski definition) is 1. The summed E-state index contributed by atoms with van der Waals surface area (Å²) < 4.78 is 6.93. The summed E-state index contributed by atoms with van der Waals surface area (Å²) in [6, 6.07) is 8.04. The predicted octanol–water partition coefficient (Wildman–Crippen LogP) is 2.24. The summed E-state index contributed by atoms with van der Waals surface area (Å²) >= 11 is 0. The van der Waals surface area contributed by atoms with Crippen molar-refractivity contribution in [2.75, 3.05) is 0 Å². The first-order valence-electron chi connectivity index (χ1n) is 7.73. The van der Waals surface area contributed by atoms with Crippen molar-refractivity contribution in [3.05, 3.63) is 41.9 Å². The summed E-state index contributed by atoms with van der Waals surface area (Å²) in [4.78, 5) is 15.1. The molecular formula is C16H19N5O2. The molecule has 2 aromatic heterocycles. The molecule has 120 valence electrons. The molecule has 0 aliphatic carbocycles. The number of para-hydroxylation sites is 1. The van der Waals surface area contributed by atoms with Crippen molar-refractivity contribution in [2.24, 2.45) is 0 Å². The number of aromatic amines is 1. The first-order valence-corrected chi connectivity index (χ1v) is 7.73. The average molecular weight is 313 g/mol. The van der Waals surface area contributed by atoms with E-state index in [-0.39, 0.29) is 12.6 Å². The van der Waals surface area contributed by atoms with E-state index in [9.17, 15) is 4.79 Å². The van der Waals surface area contributed by atoms with E-state index in [1.807, 2.05) is 37.4 Å². The van der Waals surface area contributed by atoms with Crippen LogP contribution in [0.5, 0.6) is 0 Å². The van der Waals surface area contributed by atoms with E-state index in [2.05, 4.69) is 20.5 Å². The number of nitrogens with one attached hydrogen (secondary N) is 1. The third kappa shape index (κ3) is 3.56. The molecule has 1 N–H and O–H groups in total. The highest BCUT2D eigenvalue weighted by Gasteiger charge is 2.11. The molecule has 3 rings (SSSR count). The Morgan fingerprint density at radius 2 is 2.22 bits per heavy atom. The number of rotatable bonds is 7. The van der Waals surface area contributed by atoms with Gasteiger partial charge in [0.2, 0.25) is 0 Å². The monoisotopic (exact) mass is 313 g/mol. The Balaban J connectivity index is 1.52. The van der Waals surface area contributed by atoms with Crippen molar-refractivity contribution in [3.8, 4) is 0 Å². The highest BCUT2D eigenvalue weighted by atomic mass is 16.5. The van der Waals surface area contributed by atoms with Crippen molar-refractivity contribution < 1.29 is 9.53 Å².